The van der Waals surface area contributed by atoms with Crippen LogP contribution < -0.4 is 4.74 Å². The number of hydrogen-bond acceptors (Lipinski definition) is 5. The molecule has 0 aliphatic heterocycles. The smallest absolute Gasteiger partial charge is 0.257 e. The Bertz CT molecular complexity index is 890. The molecule has 0 bridgehead atoms. The van der Waals surface area contributed by atoms with Crippen molar-refractivity contribution in [3.63, 3.8) is 0 Å². The zero-order valence-corrected chi connectivity index (χ0v) is 15.8. The third-order valence-corrected chi connectivity index (χ3v) is 4.08. The maximum atomic E-state index is 12.9. The third kappa shape index (κ3) is 4.73. The van der Waals surface area contributed by atoms with Crippen LogP contribution in [-0.4, -0.2) is 34.5 Å². The summed E-state index contributed by atoms with van der Waals surface area (Å²) in [6.07, 6.45) is 0.528. The molecule has 6 nitrogen and oxygen atoms in total. The van der Waals surface area contributed by atoms with Gasteiger partial charge in [0, 0.05) is 25.9 Å². The van der Waals surface area contributed by atoms with Crippen molar-refractivity contribution in [1.29, 1.82) is 0 Å². The van der Waals surface area contributed by atoms with Crippen molar-refractivity contribution < 1.29 is 14.1 Å². The first-order valence-electron chi connectivity index (χ1n) is 8.94. The Hall–Kier alpha value is -3.15. The lowest BCUT2D eigenvalue weighted by Gasteiger charge is -2.18. The number of carbonyl (C=O) groups is 1. The normalized spacial score (nSPS) is 10.8. The molecule has 0 saturated carbocycles. The average molecular weight is 365 g/mol. The van der Waals surface area contributed by atoms with Crippen molar-refractivity contribution in [1.82, 2.24) is 15.0 Å². The van der Waals surface area contributed by atoms with Gasteiger partial charge in [-0.25, -0.2) is 0 Å². The number of likely N-dealkylation sites (N-methyl/N-ethyl adjacent to an activating group) is 1. The SMILES string of the molecule is CC(C)c1nc(CCN(C)C(=O)c2ccccc2Oc2ccccc2)no1. The molecule has 0 N–H and O–H groups in total. The minimum Gasteiger partial charge on any atom is -0.457 e. The van der Waals surface area contributed by atoms with Crippen LogP contribution in [0.3, 0.4) is 0 Å². The second-order valence-corrected chi connectivity index (χ2v) is 6.59. The molecule has 3 rings (SSSR count). The first-order chi connectivity index (χ1) is 13.0. The van der Waals surface area contributed by atoms with Crippen molar-refractivity contribution in [3.05, 3.63) is 71.9 Å². The van der Waals surface area contributed by atoms with Gasteiger partial charge in [0.05, 0.1) is 5.56 Å². The molecule has 27 heavy (non-hydrogen) atoms. The lowest BCUT2D eigenvalue weighted by Crippen LogP contribution is -2.29. The van der Waals surface area contributed by atoms with Crippen LogP contribution in [0.15, 0.2) is 59.1 Å². The first kappa shape index (κ1) is 18.6. The summed E-state index contributed by atoms with van der Waals surface area (Å²) in [7, 11) is 1.76. The largest absolute Gasteiger partial charge is 0.457 e. The van der Waals surface area contributed by atoms with Gasteiger partial charge in [-0.1, -0.05) is 49.3 Å². The molecule has 0 fully saturated rings. The van der Waals surface area contributed by atoms with E-state index in [1.54, 1.807) is 24.1 Å². The summed E-state index contributed by atoms with van der Waals surface area (Å²) < 4.78 is 11.1. The number of nitrogens with zero attached hydrogens (tertiary/aromatic N) is 3. The molecule has 140 valence electrons. The molecule has 1 amide bonds. The molecule has 0 radical (unpaired) electrons. The summed E-state index contributed by atoms with van der Waals surface area (Å²) in [5.41, 5.74) is 0.514. The summed E-state index contributed by atoms with van der Waals surface area (Å²) in [6.45, 7) is 4.47. The number of carbonyl (C=O) groups excluding carboxylic acids is 1. The van der Waals surface area contributed by atoms with Crippen LogP contribution in [0.4, 0.5) is 0 Å². The van der Waals surface area contributed by atoms with Crippen LogP contribution in [-0.2, 0) is 6.42 Å². The van der Waals surface area contributed by atoms with E-state index in [1.807, 2.05) is 56.3 Å². The Morgan fingerprint density at radius 3 is 2.52 bits per heavy atom. The predicted octanol–water partition coefficient (Wildman–Crippen LogP) is 4.30. The van der Waals surface area contributed by atoms with Crippen LogP contribution in [0.2, 0.25) is 0 Å². The minimum atomic E-state index is -0.117. The third-order valence-electron chi connectivity index (χ3n) is 4.08. The number of benzene rings is 2. The molecule has 3 aromatic rings. The van der Waals surface area contributed by atoms with Crippen molar-refractivity contribution in [2.24, 2.45) is 0 Å². The monoisotopic (exact) mass is 365 g/mol. The van der Waals surface area contributed by atoms with E-state index in [-0.39, 0.29) is 11.8 Å². The van der Waals surface area contributed by atoms with Crippen molar-refractivity contribution in [2.75, 3.05) is 13.6 Å². The maximum Gasteiger partial charge on any atom is 0.257 e. The zero-order valence-electron chi connectivity index (χ0n) is 15.8. The van der Waals surface area contributed by atoms with Gasteiger partial charge in [-0.05, 0) is 24.3 Å². The van der Waals surface area contributed by atoms with Crippen LogP contribution >= 0.6 is 0 Å². The van der Waals surface area contributed by atoms with Crippen LogP contribution in [0.5, 0.6) is 11.5 Å². The topological polar surface area (TPSA) is 68.5 Å². The van der Waals surface area contributed by atoms with Crippen LogP contribution in [0.1, 0.15) is 41.8 Å². The maximum absolute atomic E-state index is 12.9. The van der Waals surface area contributed by atoms with E-state index in [4.69, 9.17) is 9.26 Å². The van der Waals surface area contributed by atoms with E-state index in [9.17, 15) is 4.79 Å². The lowest BCUT2D eigenvalue weighted by atomic mass is 10.1. The number of ether oxygens (including phenoxy) is 1. The Kier molecular flexibility index (Phi) is 5.86. The highest BCUT2D eigenvalue weighted by Crippen LogP contribution is 2.26. The van der Waals surface area contributed by atoms with Gasteiger partial charge < -0.3 is 14.2 Å². The average Bonchev–Trinajstić information content (AvgIpc) is 3.16. The van der Waals surface area contributed by atoms with Crippen LogP contribution in [0, 0.1) is 0 Å². The van der Waals surface area contributed by atoms with E-state index in [1.165, 1.54) is 0 Å². The predicted molar refractivity (Wildman–Crippen MR) is 102 cm³/mol. The van der Waals surface area contributed by atoms with Crippen LogP contribution in [0.25, 0.3) is 0 Å². The first-order valence-corrected chi connectivity index (χ1v) is 8.94. The number of rotatable bonds is 7. The van der Waals surface area contributed by atoms with Gasteiger partial charge >= 0.3 is 0 Å². The molecule has 0 atom stereocenters. The van der Waals surface area contributed by atoms with Gasteiger partial charge in [0.1, 0.15) is 11.5 Å². The number of aromatic nitrogens is 2. The quantitative estimate of drug-likeness (QED) is 0.624. The Morgan fingerprint density at radius 1 is 1.11 bits per heavy atom. The molecule has 0 unspecified atom stereocenters. The highest BCUT2D eigenvalue weighted by atomic mass is 16.5. The van der Waals surface area contributed by atoms with Gasteiger partial charge in [-0.2, -0.15) is 4.98 Å². The Balaban J connectivity index is 1.67. The molecule has 0 saturated heterocycles. The Morgan fingerprint density at radius 2 is 1.81 bits per heavy atom. The highest BCUT2D eigenvalue weighted by molar-refractivity contribution is 5.96. The lowest BCUT2D eigenvalue weighted by molar-refractivity contribution is 0.0793. The number of para-hydroxylation sites is 2. The van der Waals surface area contributed by atoms with Gasteiger partial charge in [-0.15, -0.1) is 0 Å². The van der Waals surface area contributed by atoms with Gasteiger partial charge in [0.15, 0.2) is 5.82 Å². The second kappa shape index (κ2) is 8.49. The number of hydrogen-bond donors (Lipinski definition) is 0. The van der Waals surface area contributed by atoms with Gasteiger partial charge in [0.2, 0.25) is 5.89 Å². The summed E-state index contributed by atoms with van der Waals surface area (Å²) in [5.74, 6) is 2.50. The number of amides is 1. The summed E-state index contributed by atoms with van der Waals surface area (Å²) in [4.78, 5) is 18.9. The molecule has 6 heteroatoms. The van der Waals surface area contributed by atoms with Crippen molar-refractivity contribution in [3.8, 4) is 11.5 Å². The van der Waals surface area contributed by atoms with E-state index in [2.05, 4.69) is 10.1 Å². The van der Waals surface area contributed by atoms with Gasteiger partial charge in [0.25, 0.3) is 5.91 Å². The molecule has 0 aliphatic carbocycles. The van der Waals surface area contributed by atoms with Crippen molar-refractivity contribution >= 4 is 5.91 Å². The molecule has 0 aliphatic rings. The fourth-order valence-corrected chi connectivity index (χ4v) is 2.53. The summed E-state index contributed by atoms with van der Waals surface area (Å²) in [6, 6.07) is 16.6. The van der Waals surface area contributed by atoms with Crippen molar-refractivity contribution in [2.45, 2.75) is 26.2 Å². The summed E-state index contributed by atoms with van der Waals surface area (Å²) >= 11 is 0. The fourth-order valence-electron chi connectivity index (χ4n) is 2.53. The molecule has 1 aromatic heterocycles. The highest BCUT2D eigenvalue weighted by Gasteiger charge is 2.18. The van der Waals surface area contributed by atoms with E-state index in [0.717, 1.165) is 0 Å². The standard InChI is InChI=1S/C21H23N3O3/c1-15(2)20-22-19(23-27-20)13-14-24(3)21(25)17-11-7-8-12-18(17)26-16-9-5-4-6-10-16/h4-12,15H,13-14H2,1-3H3. The van der Waals surface area contributed by atoms with E-state index >= 15 is 0 Å². The summed E-state index contributed by atoms with van der Waals surface area (Å²) in [5, 5.41) is 3.97. The Labute approximate surface area is 158 Å². The minimum absolute atomic E-state index is 0.117. The van der Waals surface area contributed by atoms with E-state index < -0.39 is 0 Å². The second-order valence-electron chi connectivity index (χ2n) is 6.59. The van der Waals surface area contributed by atoms with Gasteiger partial charge in [-0.3, -0.25) is 4.79 Å². The fraction of sp³-hybridized carbons (Fsp3) is 0.286. The van der Waals surface area contributed by atoms with E-state index in [0.29, 0.717) is 41.7 Å². The molecular weight excluding hydrogens is 342 g/mol. The molecule has 0 spiro atoms. The molecular formula is C21H23N3O3. The molecule has 1 heterocycles. The zero-order chi connectivity index (χ0) is 19.2. The molecule has 2 aromatic carbocycles.